The molecule has 142 valence electrons. The van der Waals surface area contributed by atoms with Gasteiger partial charge in [-0.3, -0.25) is 0 Å². The van der Waals surface area contributed by atoms with Crippen LogP contribution in [0.1, 0.15) is 13.8 Å². The lowest BCUT2D eigenvalue weighted by atomic mass is 10.2. The molecule has 0 radical (unpaired) electrons. The summed E-state index contributed by atoms with van der Waals surface area (Å²) in [5.41, 5.74) is -2.31. The van der Waals surface area contributed by atoms with Crippen LogP contribution in [-0.2, 0) is 9.59 Å². The zero-order valence-electron chi connectivity index (χ0n) is 13.4. The zero-order chi connectivity index (χ0) is 20.1. The number of ether oxygens (including phenoxy) is 2. The summed E-state index contributed by atoms with van der Waals surface area (Å²) in [5, 5.41) is 0. The van der Waals surface area contributed by atoms with E-state index in [2.05, 4.69) is 9.47 Å². The molecule has 1 aromatic rings. The smallest absolute Gasteiger partial charge is 0.412 e. The summed E-state index contributed by atoms with van der Waals surface area (Å²) in [4.78, 5) is 22.7. The second kappa shape index (κ2) is 8.07. The molecule has 0 saturated carbocycles. The standard InChI is InChI=1S/C16H12F6O4/c1-9(15(17,18)19)7-13(23)25-11-3-5-12(6-4-11)26-14(24)8-10(2)16(20,21)22/h3-8H,1-2H3/b9-7+,10-8+. The number of benzene rings is 1. The Labute approximate surface area is 143 Å². The fourth-order valence-corrected chi connectivity index (χ4v) is 1.38. The van der Waals surface area contributed by atoms with Gasteiger partial charge in [-0.1, -0.05) is 0 Å². The molecule has 1 rings (SSSR count). The van der Waals surface area contributed by atoms with Crippen LogP contribution in [0.25, 0.3) is 0 Å². The number of carbonyl (C=O) groups excluding carboxylic acids is 2. The van der Waals surface area contributed by atoms with Crippen molar-refractivity contribution in [3.8, 4) is 11.5 Å². The van der Waals surface area contributed by atoms with Gasteiger partial charge in [0.2, 0.25) is 0 Å². The third-order valence-electron chi connectivity index (χ3n) is 2.82. The number of esters is 2. The number of hydrogen-bond donors (Lipinski definition) is 0. The van der Waals surface area contributed by atoms with E-state index >= 15 is 0 Å². The summed E-state index contributed by atoms with van der Waals surface area (Å²) in [5.74, 6) is -2.84. The third-order valence-corrected chi connectivity index (χ3v) is 2.82. The van der Waals surface area contributed by atoms with Gasteiger partial charge in [-0.25, -0.2) is 9.59 Å². The summed E-state index contributed by atoms with van der Waals surface area (Å²) in [6.07, 6.45) is -8.81. The Morgan fingerprint density at radius 1 is 0.731 bits per heavy atom. The van der Waals surface area contributed by atoms with Gasteiger partial charge in [-0.2, -0.15) is 26.3 Å². The molecule has 4 nitrogen and oxygen atoms in total. The first-order valence-electron chi connectivity index (χ1n) is 6.83. The lowest BCUT2D eigenvalue weighted by molar-refractivity contribution is -0.131. The van der Waals surface area contributed by atoms with Crippen LogP contribution in [0.5, 0.6) is 11.5 Å². The molecule has 0 unspecified atom stereocenters. The van der Waals surface area contributed by atoms with E-state index in [1.807, 2.05) is 0 Å². The van der Waals surface area contributed by atoms with Gasteiger partial charge in [0, 0.05) is 23.3 Å². The minimum atomic E-state index is -4.67. The Morgan fingerprint density at radius 3 is 1.23 bits per heavy atom. The maximum atomic E-state index is 12.3. The summed E-state index contributed by atoms with van der Waals surface area (Å²) in [6, 6.07) is 4.38. The van der Waals surface area contributed by atoms with Crippen LogP contribution in [-0.4, -0.2) is 24.3 Å². The first-order valence-corrected chi connectivity index (χ1v) is 6.83. The minimum absolute atomic E-state index is 0.150. The highest BCUT2D eigenvalue weighted by Gasteiger charge is 2.31. The molecule has 0 atom stereocenters. The molecule has 0 fully saturated rings. The van der Waals surface area contributed by atoms with E-state index in [1.165, 1.54) is 0 Å². The van der Waals surface area contributed by atoms with Crippen LogP contribution >= 0.6 is 0 Å². The van der Waals surface area contributed by atoms with E-state index in [9.17, 15) is 35.9 Å². The Bertz CT molecular complexity index is 664. The van der Waals surface area contributed by atoms with Crippen LogP contribution < -0.4 is 9.47 Å². The van der Waals surface area contributed by atoms with Crippen molar-refractivity contribution >= 4 is 11.9 Å². The number of alkyl halides is 6. The fraction of sp³-hybridized carbons (Fsp3) is 0.250. The Hall–Kier alpha value is -2.78. The largest absolute Gasteiger partial charge is 0.423 e. The van der Waals surface area contributed by atoms with E-state index in [0.717, 1.165) is 24.3 Å². The second-order valence-corrected chi connectivity index (χ2v) is 4.96. The number of halogens is 6. The zero-order valence-corrected chi connectivity index (χ0v) is 13.4. The normalized spacial score (nSPS) is 13.4. The molecule has 0 aliphatic rings. The first-order chi connectivity index (χ1) is 11.8. The number of allylic oxidation sites excluding steroid dienone is 2. The maximum Gasteiger partial charge on any atom is 0.412 e. The van der Waals surface area contributed by atoms with Gasteiger partial charge < -0.3 is 9.47 Å². The van der Waals surface area contributed by atoms with Crippen molar-refractivity contribution in [2.45, 2.75) is 26.2 Å². The van der Waals surface area contributed by atoms with E-state index in [4.69, 9.17) is 0 Å². The van der Waals surface area contributed by atoms with Crippen LogP contribution in [0.3, 0.4) is 0 Å². The van der Waals surface area contributed by atoms with E-state index in [1.54, 1.807) is 0 Å². The molecule has 0 saturated heterocycles. The van der Waals surface area contributed by atoms with Crippen molar-refractivity contribution in [3.63, 3.8) is 0 Å². The predicted octanol–water partition coefficient (Wildman–Crippen LogP) is 4.51. The average molecular weight is 382 g/mol. The average Bonchev–Trinajstić information content (AvgIpc) is 2.47. The van der Waals surface area contributed by atoms with Gasteiger partial charge >= 0.3 is 24.3 Å². The van der Waals surface area contributed by atoms with Crippen molar-refractivity contribution < 1.29 is 45.4 Å². The number of hydrogen-bond acceptors (Lipinski definition) is 4. The van der Waals surface area contributed by atoms with Crippen molar-refractivity contribution in [1.29, 1.82) is 0 Å². The predicted molar refractivity (Wildman–Crippen MR) is 77.3 cm³/mol. The van der Waals surface area contributed by atoms with Crippen LogP contribution in [0.2, 0.25) is 0 Å². The lowest BCUT2D eigenvalue weighted by Gasteiger charge is -2.08. The maximum absolute atomic E-state index is 12.3. The number of carbonyl (C=O) groups is 2. The highest BCUT2D eigenvalue weighted by Crippen LogP contribution is 2.26. The van der Waals surface area contributed by atoms with Crippen molar-refractivity contribution in [2.75, 3.05) is 0 Å². The van der Waals surface area contributed by atoms with Crippen molar-refractivity contribution in [3.05, 3.63) is 47.6 Å². The molecular formula is C16H12F6O4. The van der Waals surface area contributed by atoms with Crippen LogP contribution in [0.4, 0.5) is 26.3 Å². The second-order valence-electron chi connectivity index (χ2n) is 4.96. The molecule has 0 N–H and O–H groups in total. The Morgan fingerprint density at radius 2 is 1.00 bits per heavy atom. The summed E-state index contributed by atoms with van der Waals surface area (Å²) in [6.45, 7) is 1.39. The van der Waals surface area contributed by atoms with Gasteiger partial charge in [0.15, 0.2) is 0 Å². The Kier molecular flexibility index (Phi) is 6.60. The molecule has 0 aliphatic heterocycles. The monoisotopic (exact) mass is 382 g/mol. The summed E-state index contributed by atoms with van der Waals surface area (Å²) < 4.78 is 83.0. The molecule has 0 aliphatic carbocycles. The summed E-state index contributed by atoms with van der Waals surface area (Å²) in [7, 11) is 0. The molecule has 10 heteroatoms. The minimum Gasteiger partial charge on any atom is -0.423 e. The molecule has 0 amide bonds. The first kappa shape index (κ1) is 21.3. The van der Waals surface area contributed by atoms with Crippen LogP contribution in [0.15, 0.2) is 47.6 Å². The molecule has 0 aromatic heterocycles. The molecule has 1 aromatic carbocycles. The van der Waals surface area contributed by atoms with Crippen molar-refractivity contribution in [1.82, 2.24) is 0 Å². The highest BCUT2D eigenvalue weighted by molar-refractivity contribution is 5.85. The van der Waals surface area contributed by atoms with E-state index in [0.29, 0.717) is 13.8 Å². The third kappa shape index (κ3) is 6.99. The highest BCUT2D eigenvalue weighted by atomic mass is 19.4. The van der Waals surface area contributed by atoms with E-state index < -0.39 is 35.4 Å². The molecular weight excluding hydrogens is 370 g/mol. The van der Waals surface area contributed by atoms with Crippen molar-refractivity contribution in [2.24, 2.45) is 0 Å². The van der Waals surface area contributed by atoms with Gasteiger partial charge in [0.05, 0.1) is 0 Å². The summed E-state index contributed by atoms with van der Waals surface area (Å²) >= 11 is 0. The van der Waals surface area contributed by atoms with Gasteiger partial charge in [0.1, 0.15) is 11.5 Å². The topological polar surface area (TPSA) is 52.6 Å². The molecule has 0 spiro atoms. The van der Waals surface area contributed by atoms with Crippen LogP contribution in [0, 0.1) is 0 Å². The SMILES string of the molecule is C/C(=C\C(=O)Oc1ccc(OC(=O)/C=C(\C)C(F)(F)F)cc1)C(F)(F)F. The van der Waals surface area contributed by atoms with Gasteiger partial charge in [0.25, 0.3) is 0 Å². The molecule has 26 heavy (non-hydrogen) atoms. The quantitative estimate of drug-likeness (QED) is 0.333. The number of rotatable bonds is 4. The Balaban J connectivity index is 2.72. The molecule has 0 bridgehead atoms. The molecule has 0 heterocycles. The van der Waals surface area contributed by atoms with E-state index in [-0.39, 0.29) is 23.7 Å². The van der Waals surface area contributed by atoms with Gasteiger partial charge in [-0.15, -0.1) is 0 Å². The fourth-order valence-electron chi connectivity index (χ4n) is 1.38. The van der Waals surface area contributed by atoms with Gasteiger partial charge in [-0.05, 0) is 38.1 Å². The lowest BCUT2D eigenvalue weighted by Crippen LogP contribution is -2.13.